The molecule has 0 saturated carbocycles. The van der Waals surface area contributed by atoms with Crippen LogP contribution < -0.4 is 10.9 Å². The molecule has 0 radical (unpaired) electrons. The van der Waals surface area contributed by atoms with Gasteiger partial charge in [0.1, 0.15) is 0 Å². The van der Waals surface area contributed by atoms with Crippen LogP contribution in [0, 0.1) is 0 Å². The Morgan fingerprint density at radius 1 is 1.21 bits per heavy atom. The summed E-state index contributed by atoms with van der Waals surface area (Å²) in [6, 6.07) is 7.45. The summed E-state index contributed by atoms with van der Waals surface area (Å²) in [6.45, 7) is 1.43. The van der Waals surface area contributed by atoms with Gasteiger partial charge in [0.25, 0.3) is 5.91 Å². The molecule has 3 aromatic heterocycles. The lowest BCUT2D eigenvalue weighted by molar-refractivity contribution is -0.119. The lowest BCUT2D eigenvalue weighted by atomic mass is 10.2. The second kappa shape index (κ2) is 9.53. The molecule has 1 atom stereocenters. The standard InChI is InChI=1S/C18H19N5O3S3/c24-15(19-21-17(25)14-6-3-9-28-14)11-29-18-22-20-16(13-5-2-8-27-13)23(18)10-12-4-1-7-26-12/h2-3,5-6,8-9,12H,1,4,7,10-11H2,(H,19,24)(H,21,25)/t12-/m0/s1. The van der Waals surface area contributed by atoms with Gasteiger partial charge in [0, 0.05) is 6.61 Å². The van der Waals surface area contributed by atoms with Gasteiger partial charge in [-0.2, -0.15) is 0 Å². The highest BCUT2D eigenvalue weighted by Gasteiger charge is 2.22. The Morgan fingerprint density at radius 3 is 2.79 bits per heavy atom. The molecule has 0 unspecified atom stereocenters. The Labute approximate surface area is 179 Å². The minimum atomic E-state index is -0.333. The second-order valence-corrected chi connectivity index (χ2v) is 9.14. The average Bonchev–Trinajstić information content (AvgIpc) is 3.52. The highest BCUT2D eigenvalue weighted by atomic mass is 32.2. The van der Waals surface area contributed by atoms with Crippen molar-refractivity contribution in [2.45, 2.75) is 30.6 Å². The Hall–Kier alpha value is -2.21. The maximum absolute atomic E-state index is 12.2. The number of hydrogen-bond acceptors (Lipinski definition) is 8. The van der Waals surface area contributed by atoms with Crippen molar-refractivity contribution in [3.63, 3.8) is 0 Å². The summed E-state index contributed by atoms with van der Waals surface area (Å²) >= 11 is 4.19. The van der Waals surface area contributed by atoms with Crippen molar-refractivity contribution in [1.82, 2.24) is 25.6 Å². The first-order valence-electron chi connectivity index (χ1n) is 9.05. The number of rotatable bonds is 7. The zero-order valence-corrected chi connectivity index (χ0v) is 17.8. The topological polar surface area (TPSA) is 98.1 Å². The number of thioether (sulfide) groups is 1. The van der Waals surface area contributed by atoms with Crippen LogP contribution in [-0.2, 0) is 16.1 Å². The first-order chi connectivity index (χ1) is 14.2. The summed E-state index contributed by atoms with van der Waals surface area (Å²) in [7, 11) is 0. The van der Waals surface area contributed by atoms with Crippen molar-refractivity contribution in [2.75, 3.05) is 12.4 Å². The van der Waals surface area contributed by atoms with Crippen LogP contribution in [-0.4, -0.2) is 45.0 Å². The highest BCUT2D eigenvalue weighted by molar-refractivity contribution is 7.99. The zero-order valence-electron chi connectivity index (χ0n) is 15.4. The largest absolute Gasteiger partial charge is 0.376 e. The predicted octanol–water partition coefficient (Wildman–Crippen LogP) is 2.80. The van der Waals surface area contributed by atoms with Crippen LogP contribution in [0.2, 0.25) is 0 Å². The fourth-order valence-electron chi connectivity index (χ4n) is 2.90. The molecule has 2 N–H and O–H groups in total. The molecule has 1 fully saturated rings. The van der Waals surface area contributed by atoms with Gasteiger partial charge in [0.15, 0.2) is 11.0 Å². The molecule has 152 valence electrons. The van der Waals surface area contributed by atoms with Crippen molar-refractivity contribution in [3.8, 4) is 10.7 Å². The number of hydrazine groups is 1. The fraction of sp³-hybridized carbons (Fsp3) is 0.333. The third-order valence-corrected chi connectivity index (χ3v) is 6.96. The van der Waals surface area contributed by atoms with Gasteiger partial charge >= 0.3 is 0 Å². The van der Waals surface area contributed by atoms with Crippen molar-refractivity contribution in [1.29, 1.82) is 0 Å². The quantitative estimate of drug-likeness (QED) is 0.425. The SMILES string of the molecule is O=C(CSc1nnc(-c2cccs2)n1C[C@@H]1CCCO1)NNC(=O)c1cccs1. The molecule has 4 rings (SSSR count). The summed E-state index contributed by atoms with van der Waals surface area (Å²) in [5, 5.41) is 13.1. The second-order valence-electron chi connectivity index (χ2n) is 6.30. The van der Waals surface area contributed by atoms with Gasteiger partial charge in [-0.25, -0.2) is 0 Å². The van der Waals surface area contributed by atoms with E-state index in [9.17, 15) is 9.59 Å². The van der Waals surface area contributed by atoms with Crippen molar-refractivity contribution >= 4 is 46.2 Å². The van der Waals surface area contributed by atoms with E-state index in [-0.39, 0.29) is 23.7 Å². The molecule has 1 aliphatic rings. The van der Waals surface area contributed by atoms with Crippen molar-refractivity contribution < 1.29 is 14.3 Å². The molecule has 0 bridgehead atoms. The number of nitrogens with zero attached hydrogens (tertiary/aromatic N) is 3. The lowest BCUT2D eigenvalue weighted by Crippen LogP contribution is -2.42. The van der Waals surface area contributed by atoms with Gasteiger partial charge in [-0.3, -0.25) is 25.0 Å². The number of thiophene rings is 2. The summed E-state index contributed by atoms with van der Waals surface area (Å²) in [4.78, 5) is 25.6. The lowest BCUT2D eigenvalue weighted by Gasteiger charge is -2.14. The predicted molar refractivity (Wildman–Crippen MR) is 113 cm³/mol. The van der Waals surface area contributed by atoms with Gasteiger partial charge in [-0.1, -0.05) is 23.9 Å². The maximum atomic E-state index is 12.2. The van der Waals surface area contributed by atoms with E-state index in [4.69, 9.17) is 4.74 Å². The molecule has 8 nitrogen and oxygen atoms in total. The minimum absolute atomic E-state index is 0.110. The van der Waals surface area contributed by atoms with E-state index in [2.05, 4.69) is 21.0 Å². The van der Waals surface area contributed by atoms with E-state index >= 15 is 0 Å². The fourth-order valence-corrected chi connectivity index (χ4v) is 4.99. The number of hydrogen-bond donors (Lipinski definition) is 2. The Balaban J connectivity index is 1.38. The molecule has 2 amide bonds. The van der Waals surface area contributed by atoms with E-state index < -0.39 is 0 Å². The first kappa shape index (κ1) is 20.1. The monoisotopic (exact) mass is 449 g/mol. The molecule has 1 saturated heterocycles. The molecule has 3 aromatic rings. The normalized spacial score (nSPS) is 16.1. The number of carbonyl (C=O) groups excluding carboxylic acids is 2. The van der Waals surface area contributed by atoms with E-state index in [1.165, 1.54) is 23.1 Å². The molecule has 0 aromatic carbocycles. The van der Waals surface area contributed by atoms with E-state index in [1.807, 2.05) is 22.1 Å². The molecule has 11 heteroatoms. The van der Waals surface area contributed by atoms with E-state index in [0.717, 1.165) is 30.2 Å². The number of nitrogens with one attached hydrogen (secondary N) is 2. The van der Waals surface area contributed by atoms with Crippen LogP contribution in [0.15, 0.2) is 40.2 Å². The molecule has 1 aliphatic heterocycles. The van der Waals surface area contributed by atoms with Gasteiger partial charge < -0.3 is 4.74 Å². The Kier molecular flexibility index (Phi) is 6.60. The molecule has 0 spiro atoms. The van der Waals surface area contributed by atoms with Crippen LogP contribution >= 0.6 is 34.4 Å². The zero-order chi connectivity index (χ0) is 20.1. The van der Waals surface area contributed by atoms with E-state index in [1.54, 1.807) is 28.8 Å². The van der Waals surface area contributed by atoms with Gasteiger partial charge in [-0.05, 0) is 35.7 Å². The van der Waals surface area contributed by atoms with Gasteiger partial charge in [-0.15, -0.1) is 32.9 Å². The van der Waals surface area contributed by atoms with Crippen LogP contribution in [0.4, 0.5) is 0 Å². The van der Waals surface area contributed by atoms with Crippen molar-refractivity contribution in [3.05, 3.63) is 39.9 Å². The summed E-state index contributed by atoms with van der Waals surface area (Å²) in [5.74, 6) is 0.243. The number of carbonyl (C=O) groups is 2. The summed E-state index contributed by atoms with van der Waals surface area (Å²) in [6.07, 6.45) is 2.18. The van der Waals surface area contributed by atoms with Crippen molar-refractivity contribution in [2.24, 2.45) is 0 Å². The van der Waals surface area contributed by atoms with Gasteiger partial charge in [0.05, 0.1) is 28.2 Å². The third-order valence-electron chi connectivity index (χ3n) is 4.26. The van der Waals surface area contributed by atoms with Crippen LogP contribution in [0.25, 0.3) is 10.7 Å². The number of amides is 2. The average molecular weight is 450 g/mol. The first-order valence-corrected chi connectivity index (χ1v) is 11.8. The minimum Gasteiger partial charge on any atom is -0.376 e. The molecule has 0 aliphatic carbocycles. The maximum Gasteiger partial charge on any atom is 0.279 e. The van der Waals surface area contributed by atoms with Crippen LogP contribution in [0.3, 0.4) is 0 Å². The summed E-state index contributed by atoms with van der Waals surface area (Å²) in [5.41, 5.74) is 4.85. The molecule has 4 heterocycles. The number of ether oxygens (including phenoxy) is 1. The Bertz CT molecular complexity index is 950. The van der Waals surface area contributed by atoms with Gasteiger partial charge in [0.2, 0.25) is 5.91 Å². The van der Waals surface area contributed by atoms with Crippen LogP contribution in [0.5, 0.6) is 0 Å². The smallest absolute Gasteiger partial charge is 0.279 e. The summed E-state index contributed by atoms with van der Waals surface area (Å²) < 4.78 is 7.79. The number of aromatic nitrogens is 3. The van der Waals surface area contributed by atoms with Crippen LogP contribution in [0.1, 0.15) is 22.5 Å². The molecular formula is C18H19N5O3S3. The van der Waals surface area contributed by atoms with E-state index in [0.29, 0.717) is 16.6 Å². The third kappa shape index (κ3) is 5.04. The Morgan fingerprint density at radius 2 is 2.07 bits per heavy atom. The molecular weight excluding hydrogens is 430 g/mol. The highest BCUT2D eigenvalue weighted by Crippen LogP contribution is 2.29. The molecule has 29 heavy (non-hydrogen) atoms.